The van der Waals surface area contributed by atoms with Gasteiger partial charge in [0.1, 0.15) is 6.09 Å². The summed E-state index contributed by atoms with van der Waals surface area (Å²) in [6, 6.07) is 11.7. The number of methoxy groups -OCH3 is 3. The van der Waals surface area contributed by atoms with Crippen molar-refractivity contribution in [2.75, 3.05) is 34.4 Å². The Morgan fingerprint density at radius 1 is 1.14 bits per heavy atom. The number of benzene rings is 2. The average molecular weight is 484 g/mol. The summed E-state index contributed by atoms with van der Waals surface area (Å²) >= 11 is 0. The number of likely N-dealkylation sites (tertiary alicyclic amines) is 1. The highest BCUT2D eigenvalue weighted by Gasteiger charge is 2.45. The van der Waals surface area contributed by atoms with Crippen LogP contribution in [0, 0.1) is 10.1 Å². The molecule has 3 rings (SSSR count). The van der Waals surface area contributed by atoms with E-state index in [1.54, 1.807) is 0 Å². The first-order chi connectivity index (χ1) is 16.8. The third-order valence-corrected chi connectivity index (χ3v) is 5.75. The van der Waals surface area contributed by atoms with Crippen LogP contribution in [0.25, 0.3) is 6.08 Å². The summed E-state index contributed by atoms with van der Waals surface area (Å²) in [7, 11) is 4.15. The Hall–Kier alpha value is -4.12. The number of carbonyl (C=O) groups is 2. The van der Waals surface area contributed by atoms with Crippen molar-refractivity contribution < 1.29 is 33.8 Å². The van der Waals surface area contributed by atoms with Gasteiger partial charge in [0.15, 0.2) is 17.6 Å². The van der Waals surface area contributed by atoms with Crippen LogP contribution in [0.1, 0.15) is 11.1 Å². The third-order valence-electron chi connectivity index (χ3n) is 5.75. The molecule has 0 bridgehead atoms. The monoisotopic (exact) mass is 484 g/mol. The Labute approximate surface area is 202 Å². The van der Waals surface area contributed by atoms with Gasteiger partial charge in [0.2, 0.25) is 0 Å². The SMILES string of the molecule is COc1cc(CN(CCN2C(=O)[C@H](OC)[C@@H]2C=Cc2ccccc2)C(=O)[O-])c([N+](=O)[O-])cc1OC. The Morgan fingerprint density at radius 2 is 1.80 bits per heavy atom. The molecule has 0 aromatic heterocycles. The van der Waals surface area contributed by atoms with Crippen molar-refractivity contribution in [1.82, 2.24) is 9.80 Å². The molecule has 186 valence electrons. The van der Waals surface area contributed by atoms with Crippen LogP contribution >= 0.6 is 0 Å². The van der Waals surface area contributed by atoms with Gasteiger partial charge in [-0.1, -0.05) is 42.5 Å². The number of rotatable bonds is 11. The first-order valence-electron chi connectivity index (χ1n) is 10.7. The summed E-state index contributed by atoms with van der Waals surface area (Å²) in [5.41, 5.74) is 0.720. The molecule has 1 saturated heterocycles. The van der Waals surface area contributed by atoms with E-state index >= 15 is 0 Å². The van der Waals surface area contributed by atoms with Gasteiger partial charge in [0, 0.05) is 20.2 Å². The molecule has 2 aromatic rings. The van der Waals surface area contributed by atoms with Gasteiger partial charge in [-0.25, -0.2) is 0 Å². The molecule has 35 heavy (non-hydrogen) atoms. The van der Waals surface area contributed by atoms with Crippen LogP contribution in [0.2, 0.25) is 0 Å². The van der Waals surface area contributed by atoms with Crippen molar-refractivity contribution in [2.24, 2.45) is 0 Å². The lowest BCUT2D eigenvalue weighted by atomic mass is 9.96. The number of carbonyl (C=O) groups excluding carboxylic acids is 2. The third kappa shape index (κ3) is 5.69. The summed E-state index contributed by atoms with van der Waals surface area (Å²) < 4.78 is 15.6. The normalized spacial score (nSPS) is 17.2. The van der Waals surface area contributed by atoms with Crippen molar-refractivity contribution in [1.29, 1.82) is 0 Å². The topological polar surface area (TPSA) is 135 Å². The van der Waals surface area contributed by atoms with Gasteiger partial charge < -0.3 is 33.9 Å². The van der Waals surface area contributed by atoms with Crippen LogP contribution in [0.15, 0.2) is 48.5 Å². The number of β-lactam (4-membered cyclic amide) rings is 1. The number of nitro benzene ring substituents is 1. The van der Waals surface area contributed by atoms with Gasteiger partial charge in [-0.15, -0.1) is 0 Å². The second kappa shape index (κ2) is 11.3. The van der Waals surface area contributed by atoms with E-state index in [2.05, 4.69) is 0 Å². The Bertz CT molecular complexity index is 1110. The van der Waals surface area contributed by atoms with Gasteiger partial charge in [-0.2, -0.15) is 0 Å². The van der Waals surface area contributed by atoms with Crippen molar-refractivity contribution in [3.05, 3.63) is 69.8 Å². The number of hydrogen-bond acceptors (Lipinski definition) is 8. The molecular weight excluding hydrogens is 458 g/mol. The highest BCUT2D eigenvalue weighted by molar-refractivity contribution is 5.89. The Kier molecular flexibility index (Phi) is 8.26. The molecule has 2 amide bonds. The minimum absolute atomic E-state index is 0.0531. The summed E-state index contributed by atoms with van der Waals surface area (Å²) in [4.78, 5) is 37.7. The molecule has 1 heterocycles. The Morgan fingerprint density at radius 3 is 2.37 bits per heavy atom. The first-order valence-corrected chi connectivity index (χ1v) is 10.7. The smallest absolute Gasteiger partial charge is 0.278 e. The number of amides is 2. The zero-order chi connectivity index (χ0) is 25.5. The highest BCUT2D eigenvalue weighted by atomic mass is 16.6. The molecule has 2 aromatic carbocycles. The second-order valence-electron chi connectivity index (χ2n) is 7.73. The van der Waals surface area contributed by atoms with E-state index in [4.69, 9.17) is 14.2 Å². The summed E-state index contributed by atoms with van der Waals surface area (Å²) in [5, 5.41) is 23.4. The van der Waals surface area contributed by atoms with E-state index in [9.17, 15) is 24.8 Å². The van der Waals surface area contributed by atoms with Crippen LogP contribution in [0.5, 0.6) is 11.5 Å². The van der Waals surface area contributed by atoms with E-state index in [1.165, 1.54) is 38.4 Å². The quantitative estimate of drug-likeness (QED) is 0.267. The lowest BCUT2D eigenvalue weighted by Gasteiger charge is -2.45. The van der Waals surface area contributed by atoms with E-state index in [-0.39, 0.29) is 54.3 Å². The predicted octanol–water partition coefficient (Wildman–Crippen LogP) is 1.70. The maximum atomic E-state index is 12.5. The molecule has 0 spiro atoms. The van der Waals surface area contributed by atoms with Gasteiger partial charge >= 0.3 is 0 Å². The Balaban J connectivity index is 1.76. The summed E-state index contributed by atoms with van der Waals surface area (Å²) in [6.45, 7) is -0.400. The van der Waals surface area contributed by atoms with Crippen LogP contribution in [-0.2, 0) is 16.1 Å². The fraction of sp³-hybridized carbons (Fsp3) is 0.333. The molecular formula is C24H26N3O8-. The average Bonchev–Trinajstić information content (AvgIpc) is 2.85. The first kappa shape index (κ1) is 25.5. The van der Waals surface area contributed by atoms with Crippen molar-refractivity contribution >= 4 is 23.8 Å². The molecule has 1 aliphatic heterocycles. The standard InChI is InChI=1S/C24H27N3O8/c1-33-20-13-17(19(27(31)32)14-21(20)34-2)15-25(24(29)30)11-12-26-18(22(35-3)23(26)28)10-9-16-7-5-4-6-8-16/h4-10,13-14,18,22H,11-12,15H2,1-3H3,(H,29,30)/p-1/t18-,22+/m0/s1. The van der Waals surface area contributed by atoms with Crippen LogP contribution in [-0.4, -0.2) is 73.3 Å². The van der Waals surface area contributed by atoms with Crippen LogP contribution < -0.4 is 14.6 Å². The van der Waals surface area contributed by atoms with Crippen LogP contribution in [0.3, 0.4) is 0 Å². The fourth-order valence-electron chi connectivity index (χ4n) is 3.89. The number of ether oxygens (including phenoxy) is 3. The molecule has 0 N–H and O–H groups in total. The van der Waals surface area contributed by atoms with Crippen molar-refractivity contribution in [3.8, 4) is 11.5 Å². The van der Waals surface area contributed by atoms with Crippen molar-refractivity contribution in [3.63, 3.8) is 0 Å². The molecule has 0 unspecified atom stereocenters. The lowest BCUT2D eigenvalue weighted by molar-refractivity contribution is -0.385. The zero-order valence-corrected chi connectivity index (χ0v) is 19.6. The molecule has 0 saturated carbocycles. The lowest BCUT2D eigenvalue weighted by Crippen LogP contribution is -2.65. The molecule has 1 aliphatic rings. The summed E-state index contributed by atoms with van der Waals surface area (Å²) in [6.07, 6.45) is 1.49. The van der Waals surface area contributed by atoms with Crippen LogP contribution in [0.4, 0.5) is 10.5 Å². The van der Waals surface area contributed by atoms with Gasteiger partial charge in [-0.05, 0) is 11.6 Å². The fourth-order valence-corrected chi connectivity index (χ4v) is 3.89. The maximum Gasteiger partial charge on any atom is 0.278 e. The maximum absolute atomic E-state index is 12.5. The van der Waals surface area contributed by atoms with Gasteiger partial charge in [0.05, 0.1) is 43.4 Å². The number of nitrogens with zero attached hydrogens (tertiary/aromatic N) is 3. The van der Waals surface area contributed by atoms with E-state index in [1.807, 2.05) is 42.5 Å². The molecule has 11 nitrogen and oxygen atoms in total. The van der Waals surface area contributed by atoms with E-state index in [0.717, 1.165) is 10.5 Å². The predicted molar refractivity (Wildman–Crippen MR) is 124 cm³/mol. The largest absolute Gasteiger partial charge is 0.530 e. The highest BCUT2D eigenvalue weighted by Crippen LogP contribution is 2.35. The molecule has 1 fully saturated rings. The van der Waals surface area contributed by atoms with Crippen molar-refractivity contribution in [2.45, 2.75) is 18.7 Å². The zero-order valence-electron chi connectivity index (χ0n) is 19.6. The molecule has 0 radical (unpaired) electrons. The minimum Gasteiger partial charge on any atom is -0.530 e. The number of hydrogen-bond donors (Lipinski definition) is 0. The number of nitro groups is 1. The molecule has 11 heteroatoms. The van der Waals surface area contributed by atoms with E-state index < -0.39 is 17.1 Å². The second-order valence-corrected chi connectivity index (χ2v) is 7.73. The summed E-state index contributed by atoms with van der Waals surface area (Å²) in [5.74, 6) is 0.0942. The molecule has 2 atom stereocenters. The van der Waals surface area contributed by atoms with E-state index in [0.29, 0.717) is 0 Å². The number of carboxylic acid groups (broad SMARTS) is 1. The van der Waals surface area contributed by atoms with Gasteiger partial charge in [0.25, 0.3) is 11.6 Å². The van der Waals surface area contributed by atoms with Gasteiger partial charge in [-0.3, -0.25) is 14.9 Å². The molecule has 0 aliphatic carbocycles. The minimum atomic E-state index is -1.53.